The molecule has 0 fully saturated rings. The maximum absolute atomic E-state index is 13.6. The van der Waals surface area contributed by atoms with Gasteiger partial charge in [-0.15, -0.1) is 0 Å². The van der Waals surface area contributed by atoms with Crippen molar-refractivity contribution in [1.29, 1.82) is 0 Å². The molecule has 0 aliphatic heterocycles. The molecule has 0 aliphatic carbocycles. The number of Topliss-reactive ketones (excluding diaryl/α,β-unsaturated/α-hetero) is 1. The smallest absolute Gasteiger partial charge is 0.224 e. The van der Waals surface area contributed by atoms with Crippen LogP contribution in [0, 0.1) is 20.8 Å². The second-order valence-corrected chi connectivity index (χ2v) is 10.3. The number of rotatable bonds is 7. The van der Waals surface area contributed by atoms with E-state index < -0.39 is 21.7 Å². The summed E-state index contributed by atoms with van der Waals surface area (Å²) in [4.78, 5) is 26.4. The van der Waals surface area contributed by atoms with Gasteiger partial charge >= 0.3 is 0 Å². The number of hydrogen-bond acceptors (Lipinski definition) is 6. The number of ether oxygens (including phenoxy) is 1. The topological polar surface area (TPSA) is 95.3 Å². The normalized spacial score (nSPS) is 12.5. The summed E-state index contributed by atoms with van der Waals surface area (Å²) in [6.45, 7) is 6.44. The van der Waals surface area contributed by atoms with Gasteiger partial charge in [0.15, 0.2) is 15.9 Å². The maximum atomic E-state index is 13.6. The standard InChI is InChI=1S/C24H25ClN2O5S/c1-13-12-18(20(25)14(2)23(13)33(6,30)31)22(29)19-15(3)26-27(5)24(19)32-16(4)21(28)17-10-8-7-9-11-17/h7-12,16H,1-6H3. The number of ketones is 2. The molecule has 0 spiro atoms. The van der Waals surface area contributed by atoms with E-state index in [4.69, 9.17) is 16.3 Å². The lowest BCUT2D eigenvalue weighted by Crippen LogP contribution is -2.25. The van der Waals surface area contributed by atoms with Crippen molar-refractivity contribution >= 4 is 33.0 Å². The van der Waals surface area contributed by atoms with E-state index in [1.807, 2.05) is 6.07 Å². The number of nitrogens with zero attached hydrogens (tertiary/aromatic N) is 2. The zero-order valence-corrected chi connectivity index (χ0v) is 20.8. The van der Waals surface area contributed by atoms with Crippen LogP contribution in [0.15, 0.2) is 41.3 Å². The summed E-state index contributed by atoms with van der Waals surface area (Å²) in [5, 5.41) is 4.34. The van der Waals surface area contributed by atoms with E-state index in [1.165, 1.54) is 10.7 Å². The first-order valence-corrected chi connectivity index (χ1v) is 12.5. The van der Waals surface area contributed by atoms with Gasteiger partial charge in [-0.2, -0.15) is 5.10 Å². The number of benzene rings is 2. The number of carbonyl (C=O) groups is 2. The third-order valence-corrected chi connectivity index (χ3v) is 7.21. The van der Waals surface area contributed by atoms with Crippen molar-refractivity contribution in [1.82, 2.24) is 9.78 Å². The van der Waals surface area contributed by atoms with Gasteiger partial charge < -0.3 is 4.74 Å². The third kappa shape index (κ3) is 4.72. The van der Waals surface area contributed by atoms with Gasteiger partial charge in [-0.05, 0) is 44.9 Å². The Kier molecular flexibility index (Phi) is 6.81. The molecule has 1 unspecified atom stereocenters. The lowest BCUT2D eigenvalue weighted by molar-refractivity contribution is 0.0798. The molecule has 3 rings (SSSR count). The molecule has 1 atom stereocenters. The molecular formula is C24H25ClN2O5S. The van der Waals surface area contributed by atoms with Crippen LogP contribution < -0.4 is 4.74 Å². The number of halogens is 1. The van der Waals surface area contributed by atoms with Crippen LogP contribution in [0.1, 0.15) is 50.0 Å². The molecule has 0 N–H and O–H groups in total. The second kappa shape index (κ2) is 9.11. The number of aromatic nitrogens is 2. The molecule has 0 bridgehead atoms. The van der Waals surface area contributed by atoms with Crippen molar-refractivity contribution < 1.29 is 22.7 Å². The van der Waals surface area contributed by atoms with Crippen molar-refractivity contribution in [2.24, 2.45) is 7.05 Å². The monoisotopic (exact) mass is 488 g/mol. The van der Waals surface area contributed by atoms with Gasteiger partial charge in [0.05, 0.1) is 15.6 Å². The van der Waals surface area contributed by atoms with Crippen molar-refractivity contribution in [2.45, 2.75) is 38.7 Å². The van der Waals surface area contributed by atoms with Crippen LogP contribution in [0.25, 0.3) is 0 Å². The Hall–Kier alpha value is -2.97. The van der Waals surface area contributed by atoms with Gasteiger partial charge in [-0.3, -0.25) is 9.59 Å². The van der Waals surface area contributed by atoms with Crippen molar-refractivity contribution in [2.75, 3.05) is 6.26 Å². The molecule has 9 heteroatoms. The summed E-state index contributed by atoms with van der Waals surface area (Å²) in [5.74, 6) is -0.575. The molecule has 0 amide bonds. The molecule has 1 aromatic heterocycles. The van der Waals surface area contributed by atoms with E-state index in [0.717, 1.165) is 6.26 Å². The molecule has 0 radical (unpaired) electrons. The van der Waals surface area contributed by atoms with E-state index in [-0.39, 0.29) is 32.7 Å². The van der Waals surface area contributed by atoms with Crippen LogP contribution in [0.3, 0.4) is 0 Å². The Morgan fingerprint density at radius 2 is 1.73 bits per heavy atom. The Labute approximate surface area is 198 Å². The fourth-order valence-electron chi connectivity index (χ4n) is 3.90. The predicted molar refractivity (Wildman–Crippen MR) is 126 cm³/mol. The van der Waals surface area contributed by atoms with Gasteiger partial charge in [-0.25, -0.2) is 13.1 Å². The highest BCUT2D eigenvalue weighted by Gasteiger charge is 2.30. The molecule has 33 heavy (non-hydrogen) atoms. The van der Waals surface area contributed by atoms with Crippen LogP contribution in [0.2, 0.25) is 5.02 Å². The first-order valence-electron chi connectivity index (χ1n) is 10.2. The SMILES string of the molecule is Cc1cc(C(=O)c2c(C)nn(C)c2OC(C)C(=O)c2ccccc2)c(Cl)c(C)c1S(C)(=O)=O. The lowest BCUT2D eigenvalue weighted by atomic mass is 9.99. The summed E-state index contributed by atoms with van der Waals surface area (Å²) >= 11 is 6.46. The van der Waals surface area contributed by atoms with Gasteiger partial charge in [0.25, 0.3) is 0 Å². The van der Waals surface area contributed by atoms with E-state index >= 15 is 0 Å². The first kappa shape index (κ1) is 24.7. The quantitative estimate of drug-likeness (QED) is 0.460. The summed E-state index contributed by atoms with van der Waals surface area (Å²) in [5.41, 5.74) is 1.91. The molecule has 2 aromatic carbocycles. The fraction of sp³-hybridized carbons (Fsp3) is 0.292. The third-order valence-electron chi connectivity index (χ3n) is 5.35. The molecule has 3 aromatic rings. The lowest BCUT2D eigenvalue weighted by Gasteiger charge is -2.16. The van der Waals surface area contributed by atoms with Crippen LogP contribution in [-0.2, 0) is 16.9 Å². The van der Waals surface area contributed by atoms with Gasteiger partial charge in [0, 0.05) is 24.4 Å². The number of aryl methyl sites for hydroxylation is 3. The largest absolute Gasteiger partial charge is 0.466 e. The van der Waals surface area contributed by atoms with E-state index in [0.29, 0.717) is 22.4 Å². The zero-order chi connectivity index (χ0) is 24.7. The average molecular weight is 489 g/mol. The van der Waals surface area contributed by atoms with Crippen LogP contribution in [0.4, 0.5) is 0 Å². The highest BCUT2D eigenvalue weighted by molar-refractivity contribution is 7.90. The summed E-state index contributed by atoms with van der Waals surface area (Å²) in [6, 6.07) is 10.2. The summed E-state index contributed by atoms with van der Waals surface area (Å²) in [7, 11) is -1.92. The van der Waals surface area contributed by atoms with Gasteiger partial charge in [0.2, 0.25) is 17.4 Å². The first-order chi connectivity index (χ1) is 15.3. The minimum atomic E-state index is -3.53. The van der Waals surface area contributed by atoms with Crippen LogP contribution >= 0.6 is 11.6 Å². The zero-order valence-electron chi connectivity index (χ0n) is 19.3. The number of sulfone groups is 1. The molecular weight excluding hydrogens is 464 g/mol. The Bertz CT molecular complexity index is 1360. The Morgan fingerprint density at radius 1 is 1.12 bits per heavy atom. The van der Waals surface area contributed by atoms with E-state index in [2.05, 4.69) is 5.10 Å². The Morgan fingerprint density at radius 3 is 2.30 bits per heavy atom. The minimum absolute atomic E-state index is 0.0497. The van der Waals surface area contributed by atoms with Gasteiger partial charge in [-0.1, -0.05) is 41.9 Å². The summed E-state index contributed by atoms with van der Waals surface area (Å²) < 4.78 is 31.7. The predicted octanol–water partition coefficient (Wildman–Crippen LogP) is 4.28. The van der Waals surface area contributed by atoms with Gasteiger partial charge in [0.1, 0.15) is 5.56 Å². The number of hydrogen-bond donors (Lipinski definition) is 0. The van der Waals surface area contributed by atoms with E-state index in [9.17, 15) is 18.0 Å². The van der Waals surface area contributed by atoms with Crippen molar-refractivity contribution in [3.63, 3.8) is 0 Å². The average Bonchev–Trinajstić information content (AvgIpc) is 3.02. The second-order valence-electron chi connectivity index (χ2n) is 7.99. The van der Waals surface area contributed by atoms with Crippen LogP contribution in [0.5, 0.6) is 5.88 Å². The highest BCUT2D eigenvalue weighted by Crippen LogP contribution is 2.34. The highest BCUT2D eigenvalue weighted by atomic mass is 35.5. The Balaban J connectivity index is 2.05. The number of carbonyl (C=O) groups excluding carboxylic acids is 2. The maximum Gasteiger partial charge on any atom is 0.224 e. The van der Waals surface area contributed by atoms with E-state index in [1.54, 1.807) is 59.0 Å². The molecule has 0 saturated carbocycles. The van der Waals surface area contributed by atoms with Crippen molar-refractivity contribution in [3.8, 4) is 5.88 Å². The van der Waals surface area contributed by atoms with Crippen molar-refractivity contribution in [3.05, 3.63) is 74.9 Å². The molecule has 7 nitrogen and oxygen atoms in total. The summed E-state index contributed by atoms with van der Waals surface area (Å²) in [6.07, 6.45) is 0.225. The minimum Gasteiger partial charge on any atom is -0.466 e. The van der Waals surface area contributed by atoms with Crippen LogP contribution in [-0.4, -0.2) is 42.1 Å². The fourth-order valence-corrected chi connectivity index (χ4v) is 5.50. The molecule has 0 saturated heterocycles. The molecule has 0 aliphatic rings. The molecule has 174 valence electrons. The molecule has 1 heterocycles.